The Balaban J connectivity index is 0.00000176. The molecule has 1 amide bonds. The third-order valence-electron chi connectivity index (χ3n) is 4.58. The maximum Gasteiger partial charge on any atom is 0.223 e. The number of nitrogens with two attached hydrogens (primary N) is 1. The summed E-state index contributed by atoms with van der Waals surface area (Å²) in [6, 6.07) is 5.35. The van der Waals surface area contributed by atoms with E-state index in [-0.39, 0.29) is 30.0 Å². The number of rotatable bonds is 10. The molecular weight excluding hydrogens is 347 g/mol. The quantitative estimate of drug-likeness (QED) is 0.608. The summed E-state index contributed by atoms with van der Waals surface area (Å²) in [5, 5.41) is 2.87. The highest BCUT2D eigenvalue weighted by molar-refractivity contribution is 5.90. The largest absolute Gasteiger partial charge is 0.483 e. The fourth-order valence-corrected chi connectivity index (χ4v) is 3.10. The van der Waals surface area contributed by atoms with Crippen molar-refractivity contribution in [3.05, 3.63) is 30.1 Å². The molecule has 1 unspecified atom stereocenters. The Bertz CT molecular complexity index is 574. The second-order valence-electron chi connectivity index (χ2n) is 6.51. The Morgan fingerprint density at radius 2 is 1.89 bits per heavy atom. The molecule has 0 aromatic heterocycles. The number of hydrogen-bond donors (Lipinski definition) is 2. The summed E-state index contributed by atoms with van der Waals surface area (Å²) in [4.78, 5) is 24.8. The minimum atomic E-state index is -0.605. The second kappa shape index (κ2) is 13.3. The van der Waals surface area contributed by atoms with Crippen LogP contribution in [0.15, 0.2) is 24.3 Å². The maximum absolute atomic E-state index is 13.6. The molecule has 1 aliphatic carbocycles. The first-order chi connectivity index (χ1) is 13.1. The zero-order chi connectivity index (χ0) is 20.1. The zero-order valence-electron chi connectivity index (χ0n) is 16.5. The summed E-state index contributed by atoms with van der Waals surface area (Å²) in [5.41, 5.74) is 5.50. The standard InChI is InChI=1S/C19H27FN2O3.C2H6/c20-15-9-3-4-11-18(15)25-13-17(23)16(10-5-6-12-21)22-19(24)14-7-1-2-8-14;1-2/h3-4,9,11,14,16H,1-2,5-8,10,12-13,21H2,(H,22,24);1-2H3. The zero-order valence-corrected chi connectivity index (χ0v) is 16.5. The van der Waals surface area contributed by atoms with Crippen molar-refractivity contribution in [1.82, 2.24) is 5.32 Å². The van der Waals surface area contributed by atoms with Crippen LogP contribution in [0.2, 0.25) is 0 Å². The van der Waals surface area contributed by atoms with E-state index in [0.29, 0.717) is 13.0 Å². The molecular formula is C21H33FN2O3. The first kappa shape index (κ1) is 23.1. The number of para-hydroxylation sites is 1. The van der Waals surface area contributed by atoms with Crippen molar-refractivity contribution in [2.24, 2.45) is 11.7 Å². The third-order valence-corrected chi connectivity index (χ3v) is 4.58. The molecule has 0 saturated heterocycles. The van der Waals surface area contributed by atoms with Crippen molar-refractivity contribution in [2.45, 2.75) is 64.8 Å². The van der Waals surface area contributed by atoms with Gasteiger partial charge in [-0.05, 0) is 50.8 Å². The molecule has 1 aromatic rings. The normalized spacial score (nSPS) is 14.8. The van der Waals surface area contributed by atoms with E-state index in [1.54, 1.807) is 12.1 Å². The van der Waals surface area contributed by atoms with Crippen LogP contribution in [0.4, 0.5) is 4.39 Å². The molecule has 1 aromatic carbocycles. The lowest BCUT2D eigenvalue weighted by molar-refractivity contribution is -0.131. The van der Waals surface area contributed by atoms with Crippen LogP contribution in [0.25, 0.3) is 0 Å². The van der Waals surface area contributed by atoms with Gasteiger partial charge in [-0.25, -0.2) is 4.39 Å². The van der Waals surface area contributed by atoms with Gasteiger partial charge in [0.05, 0.1) is 6.04 Å². The smallest absolute Gasteiger partial charge is 0.223 e. The molecule has 0 aliphatic heterocycles. The van der Waals surface area contributed by atoms with Gasteiger partial charge in [0, 0.05) is 5.92 Å². The summed E-state index contributed by atoms with van der Waals surface area (Å²) in [6.07, 6.45) is 5.92. The lowest BCUT2D eigenvalue weighted by Gasteiger charge is -2.20. The van der Waals surface area contributed by atoms with E-state index in [0.717, 1.165) is 38.5 Å². The van der Waals surface area contributed by atoms with E-state index in [4.69, 9.17) is 10.5 Å². The average Bonchev–Trinajstić information content (AvgIpc) is 3.23. The van der Waals surface area contributed by atoms with Crippen LogP contribution in [0.5, 0.6) is 5.75 Å². The number of benzene rings is 1. The first-order valence-corrected chi connectivity index (χ1v) is 10.0. The van der Waals surface area contributed by atoms with Crippen LogP contribution in [0.3, 0.4) is 0 Å². The molecule has 1 aliphatic rings. The van der Waals surface area contributed by atoms with Gasteiger partial charge in [-0.15, -0.1) is 0 Å². The van der Waals surface area contributed by atoms with Crippen molar-refractivity contribution in [2.75, 3.05) is 13.2 Å². The van der Waals surface area contributed by atoms with Crippen LogP contribution in [0, 0.1) is 11.7 Å². The molecule has 3 N–H and O–H groups in total. The van der Waals surface area contributed by atoms with Gasteiger partial charge in [0.1, 0.15) is 6.61 Å². The van der Waals surface area contributed by atoms with Crippen molar-refractivity contribution < 1.29 is 18.7 Å². The maximum atomic E-state index is 13.6. The average molecular weight is 381 g/mol. The molecule has 6 heteroatoms. The molecule has 152 valence electrons. The number of halogens is 1. The van der Waals surface area contributed by atoms with Crippen LogP contribution < -0.4 is 15.8 Å². The molecule has 0 radical (unpaired) electrons. The predicted molar refractivity (Wildman–Crippen MR) is 105 cm³/mol. The van der Waals surface area contributed by atoms with Gasteiger partial charge in [-0.3, -0.25) is 9.59 Å². The SMILES string of the molecule is CC.NCCCCC(NC(=O)C1CCCC1)C(=O)COc1ccccc1F. The van der Waals surface area contributed by atoms with Crippen LogP contribution >= 0.6 is 0 Å². The number of hydrogen-bond acceptors (Lipinski definition) is 4. The monoisotopic (exact) mass is 380 g/mol. The number of carbonyl (C=O) groups is 2. The molecule has 1 fully saturated rings. The number of carbonyl (C=O) groups excluding carboxylic acids is 2. The molecule has 27 heavy (non-hydrogen) atoms. The van der Waals surface area contributed by atoms with Gasteiger partial charge < -0.3 is 15.8 Å². The van der Waals surface area contributed by atoms with E-state index in [2.05, 4.69) is 5.32 Å². The highest BCUT2D eigenvalue weighted by Gasteiger charge is 2.27. The van der Waals surface area contributed by atoms with Crippen LogP contribution in [-0.4, -0.2) is 30.9 Å². The highest BCUT2D eigenvalue weighted by atomic mass is 19.1. The number of amides is 1. The number of Topliss-reactive ketones (excluding diaryl/α,β-unsaturated/α-hetero) is 1. The number of ketones is 1. The summed E-state index contributed by atoms with van der Waals surface area (Å²) < 4.78 is 18.9. The lowest BCUT2D eigenvalue weighted by atomic mass is 10.0. The Kier molecular flexibility index (Phi) is 11.3. The molecule has 1 saturated carbocycles. The van der Waals surface area contributed by atoms with Gasteiger partial charge >= 0.3 is 0 Å². The fraction of sp³-hybridized carbons (Fsp3) is 0.619. The molecule has 2 rings (SSSR count). The van der Waals surface area contributed by atoms with Crippen molar-refractivity contribution in [3.63, 3.8) is 0 Å². The minimum absolute atomic E-state index is 0.00250. The topological polar surface area (TPSA) is 81.4 Å². The van der Waals surface area contributed by atoms with Crippen LogP contribution in [0.1, 0.15) is 58.8 Å². The Morgan fingerprint density at radius 1 is 1.22 bits per heavy atom. The van der Waals surface area contributed by atoms with Crippen molar-refractivity contribution in [1.29, 1.82) is 0 Å². The number of unbranched alkanes of at least 4 members (excludes halogenated alkanes) is 1. The predicted octanol–water partition coefficient (Wildman–Crippen LogP) is 3.60. The fourth-order valence-electron chi connectivity index (χ4n) is 3.10. The Hall–Kier alpha value is -1.95. The first-order valence-electron chi connectivity index (χ1n) is 10.0. The number of nitrogens with one attached hydrogen (secondary N) is 1. The van der Waals surface area contributed by atoms with Crippen LogP contribution in [-0.2, 0) is 9.59 Å². The second-order valence-corrected chi connectivity index (χ2v) is 6.51. The van der Waals surface area contributed by atoms with Gasteiger partial charge in [0.25, 0.3) is 0 Å². The lowest BCUT2D eigenvalue weighted by Crippen LogP contribution is -2.45. The minimum Gasteiger partial charge on any atom is -0.483 e. The molecule has 5 nitrogen and oxygen atoms in total. The molecule has 0 heterocycles. The van der Waals surface area contributed by atoms with Crippen molar-refractivity contribution in [3.8, 4) is 5.75 Å². The molecule has 0 bridgehead atoms. The van der Waals surface area contributed by atoms with E-state index < -0.39 is 11.9 Å². The summed E-state index contributed by atoms with van der Waals surface area (Å²) >= 11 is 0. The van der Waals surface area contributed by atoms with Gasteiger partial charge in [-0.1, -0.05) is 38.8 Å². The van der Waals surface area contributed by atoms with Gasteiger partial charge in [-0.2, -0.15) is 0 Å². The highest BCUT2D eigenvalue weighted by Crippen LogP contribution is 2.25. The van der Waals surface area contributed by atoms with E-state index in [9.17, 15) is 14.0 Å². The van der Waals surface area contributed by atoms with E-state index in [1.807, 2.05) is 13.8 Å². The number of ether oxygens (including phenoxy) is 1. The van der Waals surface area contributed by atoms with E-state index >= 15 is 0 Å². The van der Waals surface area contributed by atoms with Gasteiger partial charge in [0.15, 0.2) is 17.3 Å². The third kappa shape index (κ3) is 8.08. The molecule has 0 spiro atoms. The Labute approximate surface area is 161 Å². The summed E-state index contributed by atoms with van der Waals surface area (Å²) in [6.45, 7) is 4.28. The Morgan fingerprint density at radius 3 is 2.52 bits per heavy atom. The summed E-state index contributed by atoms with van der Waals surface area (Å²) in [5.74, 6) is -0.776. The van der Waals surface area contributed by atoms with Gasteiger partial charge in [0.2, 0.25) is 5.91 Å². The summed E-state index contributed by atoms with van der Waals surface area (Å²) in [7, 11) is 0. The van der Waals surface area contributed by atoms with Crippen molar-refractivity contribution >= 4 is 11.7 Å². The van der Waals surface area contributed by atoms with E-state index in [1.165, 1.54) is 12.1 Å². The molecule has 1 atom stereocenters.